The van der Waals surface area contributed by atoms with Crippen molar-refractivity contribution < 1.29 is 14.3 Å². The summed E-state index contributed by atoms with van der Waals surface area (Å²) in [6.45, 7) is 1.74. The lowest BCUT2D eigenvalue weighted by atomic mass is 9.96. The molecule has 0 aliphatic carbocycles. The van der Waals surface area contributed by atoms with Crippen molar-refractivity contribution in [3.63, 3.8) is 0 Å². The summed E-state index contributed by atoms with van der Waals surface area (Å²) in [5, 5.41) is 4.33. The number of nitrogens with zero attached hydrogens (tertiary/aromatic N) is 2. The Balaban J connectivity index is 1.78. The molecule has 0 bridgehead atoms. The van der Waals surface area contributed by atoms with Gasteiger partial charge < -0.3 is 14.6 Å². The van der Waals surface area contributed by atoms with E-state index in [1.165, 1.54) is 11.6 Å². The molecule has 2 heterocycles. The van der Waals surface area contributed by atoms with E-state index in [0.29, 0.717) is 32.6 Å². The van der Waals surface area contributed by atoms with Gasteiger partial charge in [-0.3, -0.25) is 14.6 Å². The van der Waals surface area contributed by atoms with Gasteiger partial charge in [-0.1, -0.05) is 48.9 Å². The highest BCUT2D eigenvalue weighted by Gasteiger charge is 2.27. The standard InChI is InChI=1S/C26H22ClN3O4/c1-3-21(24(31)29-18-12-14-28-15-13-18)34-26(33)23-22(16-8-10-17(27)11-9-16)19-6-4-5-7-20(19)25(32)30(23)2/h4-15,21H,3H2,1-2H3,(H,28,29,31). The maximum Gasteiger partial charge on any atom is 0.356 e. The van der Waals surface area contributed by atoms with E-state index < -0.39 is 18.0 Å². The third-order valence-electron chi connectivity index (χ3n) is 5.49. The second-order valence-electron chi connectivity index (χ2n) is 7.67. The third-order valence-corrected chi connectivity index (χ3v) is 5.74. The lowest BCUT2D eigenvalue weighted by molar-refractivity contribution is -0.124. The van der Waals surface area contributed by atoms with Crippen molar-refractivity contribution >= 4 is 39.9 Å². The zero-order valence-corrected chi connectivity index (χ0v) is 19.4. The van der Waals surface area contributed by atoms with Crippen LogP contribution in [0.4, 0.5) is 5.69 Å². The zero-order valence-electron chi connectivity index (χ0n) is 18.6. The van der Waals surface area contributed by atoms with Crippen LogP contribution in [0.1, 0.15) is 23.8 Å². The van der Waals surface area contributed by atoms with Gasteiger partial charge in [-0.05, 0) is 47.7 Å². The van der Waals surface area contributed by atoms with Crippen LogP contribution in [0.15, 0.2) is 77.9 Å². The van der Waals surface area contributed by atoms with Crippen LogP contribution in [-0.4, -0.2) is 27.5 Å². The predicted molar refractivity (Wildman–Crippen MR) is 132 cm³/mol. The molecule has 1 atom stereocenters. The molecular weight excluding hydrogens is 454 g/mol. The van der Waals surface area contributed by atoms with E-state index >= 15 is 0 Å². The first-order valence-electron chi connectivity index (χ1n) is 10.7. The van der Waals surface area contributed by atoms with Crippen LogP contribution in [-0.2, 0) is 16.6 Å². The number of hydrogen-bond donors (Lipinski definition) is 1. The first-order chi connectivity index (χ1) is 16.4. The van der Waals surface area contributed by atoms with Crippen molar-refractivity contribution in [3.8, 4) is 11.1 Å². The Labute approximate surface area is 201 Å². The van der Waals surface area contributed by atoms with Gasteiger partial charge in [-0.25, -0.2) is 4.79 Å². The number of esters is 1. The predicted octanol–water partition coefficient (Wildman–Crippen LogP) is 4.83. The molecule has 0 aliphatic heterocycles. The number of halogens is 1. The lowest BCUT2D eigenvalue weighted by Gasteiger charge is -2.20. The summed E-state index contributed by atoms with van der Waals surface area (Å²) in [4.78, 5) is 43.2. The number of benzene rings is 2. The molecule has 8 heteroatoms. The number of fused-ring (bicyclic) bond motifs is 1. The molecule has 0 spiro atoms. The van der Waals surface area contributed by atoms with Crippen LogP contribution in [0.25, 0.3) is 21.9 Å². The smallest absolute Gasteiger partial charge is 0.356 e. The van der Waals surface area contributed by atoms with Crippen LogP contribution in [0.5, 0.6) is 0 Å². The Morgan fingerprint density at radius 2 is 1.68 bits per heavy atom. The summed E-state index contributed by atoms with van der Waals surface area (Å²) in [7, 11) is 1.52. The molecule has 0 aliphatic rings. The van der Waals surface area contributed by atoms with Crippen molar-refractivity contribution in [2.24, 2.45) is 7.05 Å². The minimum absolute atomic E-state index is 0.0567. The quantitative estimate of drug-likeness (QED) is 0.403. The second kappa shape index (κ2) is 9.89. The summed E-state index contributed by atoms with van der Waals surface area (Å²) in [6, 6.07) is 17.3. The number of pyridine rings is 2. The molecule has 34 heavy (non-hydrogen) atoms. The van der Waals surface area contributed by atoms with Gasteiger partial charge in [0.05, 0.1) is 0 Å². The highest BCUT2D eigenvalue weighted by atomic mass is 35.5. The molecule has 2 aromatic heterocycles. The minimum Gasteiger partial charge on any atom is -0.448 e. The highest BCUT2D eigenvalue weighted by Crippen LogP contribution is 2.32. The summed E-state index contributed by atoms with van der Waals surface area (Å²) in [5.41, 5.74) is 1.48. The minimum atomic E-state index is -1.06. The van der Waals surface area contributed by atoms with Crippen LogP contribution >= 0.6 is 11.6 Å². The number of amides is 1. The van der Waals surface area contributed by atoms with Crippen LogP contribution < -0.4 is 10.9 Å². The largest absolute Gasteiger partial charge is 0.448 e. The Hall–Kier alpha value is -3.97. The van der Waals surface area contributed by atoms with E-state index in [4.69, 9.17) is 16.3 Å². The molecule has 4 aromatic rings. The number of rotatable bonds is 6. The SMILES string of the molecule is CCC(OC(=O)c1c(-c2ccc(Cl)cc2)c2ccccc2c(=O)n1C)C(=O)Nc1ccncc1. The van der Waals surface area contributed by atoms with Crippen molar-refractivity contribution in [2.45, 2.75) is 19.4 Å². The van der Waals surface area contributed by atoms with Crippen molar-refractivity contribution in [3.05, 3.63) is 94.1 Å². The number of nitrogens with one attached hydrogen (secondary N) is 1. The molecule has 1 N–H and O–H groups in total. The van der Waals surface area contributed by atoms with E-state index in [1.807, 2.05) is 0 Å². The summed E-state index contributed by atoms with van der Waals surface area (Å²) in [6.07, 6.45) is 2.29. The number of carbonyl (C=O) groups excluding carboxylic acids is 2. The van der Waals surface area contributed by atoms with Gasteiger partial charge >= 0.3 is 5.97 Å². The highest BCUT2D eigenvalue weighted by molar-refractivity contribution is 6.30. The summed E-state index contributed by atoms with van der Waals surface area (Å²) < 4.78 is 6.90. The Morgan fingerprint density at radius 3 is 2.32 bits per heavy atom. The van der Waals surface area contributed by atoms with Crippen molar-refractivity contribution in [1.29, 1.82) is 0 Å². The van der Waals surface area contributed by atoms with E-state index in [-0.39, 0.29) is 17.7 Å². The number of hydrogen-bond acceptors (Lipinski definition) is 5. The number of aromatic nitrogens is 2. The maximum absolute atomic E-state index is 13.5. The molecule has 2 aromatic carbocycles. The third kappa shape index (κ3) is 4.56. The monoisotopic (exact) mass is 475 g/mol. The van der Waals surface area contributed by atoms with Gasteiger partial charge in [0.1, 0.15) is 5.69 Å². The molecule has 0 radical (unpaired) electrons. The van der Waals surface area contributed by atoms with Crippen LogP contribution in [0.3, 0.4) is 0 Å². The molecule has 7 nitrogen and oxygen atoms in total. The first kappa shape index (κ1) is 23.2. The van der Waals surface area contributed by atoms with Crippen LogP contribution in [0.2, 0.25) is 5.02 Å². The van der Waals surface area contributed by atoms with Gasteiger partial charge in [-0.2, -0.15) is 0 Å². The second-order valence-corrected chi connectivity index (χ2v) is 8.10. The molecule has 4 rings (SSSR count). The molecule has 0 fully saturated rings. The Kier molecular flexibility index (Phi) is 6.75. The average Bonchev–Trinajstić information content (AvgIpc) is 2.85. The number of anilines is 1. The Morgan fingerprint density at radius 1 is 1.03 bits per heavy atom. The van der Waals surface area contributed by atoms with Crippen molar-refractivity contribution in [1.82, 2.24) is 9.55 Å². The van der Waals surface area contributed by atoms with Gasteiger partial charge in [0, 0.05) is 41.1 Å². The van der Waals surface area contributed by atoms with Gasteiger partial charge in [0.25, 0.3) is 11.5 Å². The van der Waals surface area contributed by atoms with Crippen LogP contribution in [0, 0.1) is 0 Å². The van der Waals surface area contributed by atoms with Gasteiger partial charge in [0.2, 0.25) is 0 Å². The normalized spacial score (nSPS) is 11.7. The molecular formula is C26H22ClN3O4. The number of carbonyl (C=O) groups is 2. The molecule has 0 saturated carbocycles. The molecule has 1 unspecified atom stereocenters. The molecule has 1 amide bonds. The van der Waals surface area contributed by atoms with E-state index in [0.717, 1.165) is 0 Å². The lowest BCUT2D eigenvalue weighted by Crippen LogP contribution is -2.34. The van der Waals surface area contributed by atoms with E-state index in [9.17, 15) is 14.4 Å². The fourth-order valence-electron chi connectivity index (χ4n) is 3.78. The summed E-state index contributed by atoms with van der Waals surface area (Å²) in [5.74, 6) is -1.24. The zero-order chi connectivity index (χ0) is 24.2. The molecule has 172 valence electrons. The molecule has 0 saturated heterocycles. The fourth-order valence-corrected chi connectivity index (χ4v) is 3.90. The first-order valence-corrected chi connectivity index (χ1v) is 11.1. The Bertz CT molecular complexity index is 1420. The van der Waals surface area contributed by atoms with E-state index in [2.05, 4.69) is 10.3 Å². The number of ether oxygens (including phenoxy) is 1. The average molecular weight is 476 g/mol. The van der Waals surface area contributed by atoms with Crippen molar-refractivity contribution in [2.75, 3.05) is 5.32 Å². The summed E-state index contributed by atoms with van der Waals surface area (Å²) >= 11 is 6.07. The van der Waals surface area contributed by atoms with Gasteiger partial charge in [0.15, 0.2) is 6.10 Å². The topological polar surface area (TPSA) is 90.3 Å². The fraction of sp³-hybridized carbons (Fsp3) is 0.154. The van der Waals surface area contributed by atoms with E-state index in [1.54, 1.807) is 80.0 Å². The maximum atomic E-state index is 13.5. The van der Waals surface area contributed by atoms with Gasteiger partial charge in [-0.15, -0.1) is 0 Å².